The summed E-state index contributed by atoms with van der Waals surface area (Å²) in [5, 5.41) is 0. The van der Waals surface area contributed by atoms with Crippen LogP contribution in [0.25, 0.3) is 0 Å². The van der Waals surface area contributed by atoms with Gasteiger partial charge in [0.15, 0.2) is 0 Å². The van der Waals surface area contributed by atoms with Crippen LogP contribution in [0.3, 0.4) is 0 Å². The number of anilines is 1. The minimum atomic E-state index is -4.32. The lowest BCUT2D eigenvalue weighted by atomic mass is 10.1. The summed E-state index contributed by atoms with van der Waals surface area (Å²) >= 11 is 0. The summed E-state index contributed by atoms with van der Waals surface area (Å²) in [5.74, 6) is 0. The van der Waals surface area contributed by atoms with Gasteiger partial charge in [-0.3, -0.25) is 4.55 Å². The number of hydrogen-bond acceptors (Lipinski definition) is 4. The molecule has 0 unspecified atom stereocenters. The Hall–Kier alpha value is -1.11. The average molecular weight is 231 g/mol. The van der Waals surface area contributed by atoms with Crippen molar-refractivity contribution in [2.24, 2.45) is 0 Å². The fraction of sp³-hybridized carbons (Fsp3) is 0.333. The van der Waals surface area contributed by atoms with Gasteiger partial charge < -0.3 is 5.73 Å². The molecule has 0 radical (unpaired) electrons. The molecule has 6 heteroatoms. The average Bonchev–Trinajstić information content (AvgIpc) is 2.13. The van der Waals surface area contributed by atoms with Crippen molar-refractivity contribution in [1.29, 1.82) is 0 Å². The third-order valence-corrected chi connectivity index (χ3v) is 2.34. The highest BCUT2D eigenvalue weighted by atomic mass is 32.3. The summed E-state index contributed by atoms with van der Waals surface area (Å²) < 4.78 is 32.9. The molecule has 0 aliphatic rings. The molecule has 0 bridgehead atoms. The second kappa shape index (κ2) is 5.11. The van der Waals surface area contributed by atoms with Crippen LogP contribution in [-0.2, 0) is 21.0 Å². The molecule has 0 amide bonds. The standard InChI is InChI=1S/C9H13NO4S/c10-9-6-2-1-4-8(9)5-3-7-14-15(11,12)13/h1-2,4,6H,3,5,7,10H2,(H,11,12,13). The van der Waals surface area contributed by atoms with Crippen LogP contribution in [0.4, 0.5) is 5.69 Å². The Kier molecular flexibility index (Phi) is 4.07. The molecule has 0 aliphatic heterocycles. The van der Waals surface area contributed by atoms with E-state index in [4.69, 9.17) is 10.3 Å². The Labute approximate surface area is 88.8 Å². The van der Waals surface area contributed by atoms with Crippen molar-refractivity contribution >= 4 is 16.1 Å². The molecule has 84 valence electrons. The van der Waals surface area contributed by atoms with Gasteiger partial charge in [0.2, 0.25) is 0 Å². The van der Waals surface area contributed by atoms with E-state index in [1.807, 2.05) is 18.2 Å². The maximum atomic E-state index is 10.2. The van der Waals surface area contributed by atoms with Crippen molar-refractivity contribution in [2.75, 3.05) is 12.3 Å². The molecule has 3 N–H and O–H groups in total. The minimum absolute atomic E-state index is 0.0484. The van der Waals surface area contributed by atoms with Crippen LogP contribution in [0.15, 0.2) is 24.3 Å². The van der Waals surface area contributed by atoms with E-state index in [2.05, 4.69) is 4.18 Å². The lowest BCUT2D eigenvalue weighted by molar-refractivity contribution is 0.265. The van der Waals surface area contributed by atoms with Gasteiger partial charge in [-0.25, -0.2) is 4.18 Å². The number of nitrogen functional groups attached to an aromatic ring is 1. The molecule has 0 aromatic heterocycles. The second-order valence-corrected chi connectivity index (χ2v) is 4.14. The van der Waals surface area contributed by atoms with Gasteiger partial charge in [0.05, 0.1) is 6.61 Å². The molecule has 0 fully saturated rings. The zero-order valence-electron chi connectivity index (χ0n) is 8.09. The fourth-order valence-corrected chi connectivity index (χ4v) is 1.52. The summed E-state index contributed by atoms with van der Waals surface area (Å²) in [7, 11) is -4.32. The van der Waals surface area contributed by atoms with Gasteiger partial charge in [-0.15, -0.1) is 0 Å². The zero-order chi connectivity index (χ0) is 11.3. The first-order chi connectivity index (χ1) is 6.99. The monoisotopic (exact) mass is 231 g/mol. The summed E-state index contributed by atoms with van der Waals surface area (Å²) in [6, 6.07) is 7.32. The lowest BCUT2D eigenvalue weighted by Gasteiger charge is -2.04. The molecule has 0 spiro atoms. The van der Waals surface area contributed by atoms with Crippen LogP contribution in [0.1, 0.15) is 12.0 Å². The molecule has 0 aliphatic carbocycles. The van der Waals surface area contributed by atoms with Crippen molar-refractivity contribution in [3.63, 3.8) is 0 Å². The van der Waals surface area contributed by atoms with Crippen molar-refractivity contribution in [1.82, 2.24) is 0 Å². The van der Waals surface area contributed by atoms with Gasteiger partial charge in [0.25, 0.3) is 0 Å². The smallest absolute Gasteiger partial charge is 0.397 e. The van der Waals surface area contributed by atoms with Gasteiger partial charge in [0, 0.05) is 5.69 Å². The number of aryl methyl sites for hydroxylation is 1. The van der Waals surface area contributed by atoms with Gasteiger partial charge in [0.1, 0.15) is 0 Å². The molecule has 5 nitrogen and oxygen atoms in total. The summed E-state index contributed by atoms with van der Waals surface area (Å²) in [6.07, 6.45) is 1.09. The molecule has 0 heterocycles. The molecular formula is C9H13NO4S. The van der Waals surface area contributed by atoms with Crippen molar-refractivity contribution < 1.29 is 17.2 Å². The molecular weight excluding hydrogens is 218 g/mol. The van der Waals surface area contributed by atoms with Crippen molar-refractivity contribution in [3.8, 4) is 0 Å². The number of benzene rings is 1. The molecule has 1 rings (SSSR count). The largest absolute Gasteiger partial charge is 0.399 e. The third kappa shape index (κ3) is 4.78. The Morgan fingerprint density at radius 1 is 1.33 bits per heavy atom. The van der Waals surface area contributed by atoms with Gasteiger partial charge in [-0.05, 0) is 24.5 Å². The molecule has 0 atom stereocenters. The fourth-order valence-electron chi connectivity index (χ4n) is 1.19. The van der Waals surface area contributed by atoms with Crippen LogP contribution in [-0.4, -0.2) is 19.6 Å². The van der Waals surface area contributed by atoms with E-state index in [1.165, 1.54) is 0 Å². The van der Waals surface area contributed by atoms with E-state index in [0.29, 0.717) is 18.5 Å². The third-order valence-electron chi connectivity index (χ3n) is 1.88. The highest BCUT2D eigenvalue weighted by Crippen LogP contribution is 2.12. The van der Waals surface area contributed by atoms with Gasteiger partial charge in [-0.2, -0.15) is 8.42 Å². The van der Waals surface area contributed by atoms with Crippen LogP contribution in [0, 0.1) is 0 Å². The lowest BCUT2D eigenvalue weighted by Crippen LogP contribution is -2.06. The topological polar surface area (TPSA) is 89.6 Å². The maximum Gasteiger partial charge on any atom is 0.397 e. The summed E-state index contributed by atoms with van der Waals surface area (Å²) in [4.78, 5) is 0. The number of rotatable bonds is 5. The normalized spacial score (nSPS) is 11.5. The van der Waals surface area contributed by atoms with E-state index in [0.717, 1.165) is 5.56 Å². The molecule has 1 aromatic rings. The SMILES string of the molecule is Nc1ccccc1CCCOS(=O)(=O)O. The predicted molar refractivity (Wildman–Crippen MR) is 56.7 cm³/mol. The van der Waals surface area contributed by atoms with Crippen molar-refractivity contribution in [2.45, 2.75) is 12.8 Å². The highest BCUT2D eigenvalue weighted by Gasteiger charge is 2.04. The first kappa shape index (κ1) is 12.0. The molecule has 0 saturated carbocycles. The number of para-hydroxylation sites is 1. The van der Waals surface area contributed by atoms with Crippen LogP contribution >= 0.6 is 0 Å². The zero-order valence-corrected chi connectivity index (χ0v) is 8.90. The van der Waals surface area contributed by atoms with E-state index < -0.39 is 10.4 Å². The molecule has 15 heavy (non-hydrogen) atoms. The number of hydrogen-bond donors (Lipinski definition) is 2. The molecule has 0 saturated heterocycles. The van der Waals surface area contributed by atoms with Gasteiger partial charge >= 0.3 is 10.4 Å². The summed E-state index contributed by atoms with van der Waals surface area (Å²) in [6.45, 7) is -0.0484. The molecule has 1 aromatic carbocycles. The van der Waals surface area contributed by atoms with E-state index in [-0.39, 0.29) is 6.61 Å². The first-order valence-corrected chi connectivity index (χ1v) is 5.81. The summed E-state index contributed by atoms with van der Waals surface area (Å²) in [5.41, 5.74) is 7.29. The first-order valence-electron chi connectivity index (χ1n) is 4.44. The van der Waals surface area contributed by atoms with E-state index >= 15 is 0 Å². The van der Waals surface area contributed by atoms with E-state index in [1.54, 1.807) is 6.07 Å². The second-order valence-electron chi connectivity index (χ2n) is 3.05. The Morgan fingerprint density at radius 3 is 2.60 bits per heavy atom. The van der Waals surface area contributed by atoms with Crippen LogP contribution in [0.2, 0.25) is 0 Å². The minimum Gasteiger partial charge on any atom is -0.399 e. The van der Waals surface area contributed by atoms with Crippen molar-refractivity contribution in [3.05, 3.63) is 29.8 Å². The maximum absolute atomic E-state index is 10.2. The Morgan fingerprint density at radius 2 is 2.00 bits per heavy atom. The van der Waals surface area contributed by atoms with Crippen LogP contribution in [0.5, 0.6) is 0 Å². The quantitative estimate of drug-likeness (QED) is 0.448. The van der Waals surface area contributed by atoms with E-state index in [9.17, 15) is 8.42 Å². The van der Waals surface area contributed by atoms with Crippen LogP contribution < -0.4 is 5.73 Å². The highest BCUT2D eigenvalue weighted by molar-refractivity contribution is 7.80. The Bertz CT molecular complexity index is 416. The Balaban J connectivity index is 2.36. The predicted octanol–water partition coefficient (Wildman–Crippen LogP) is 1.02. The number of nitrogens with two attached hydrogens (primary N) is 1. The van der Waals surface area contributed by atoms with Gasteiger partial charge in [-0.1, -0.05) is 18.2 Å².